The molecule has 1 N–H and O–H groups in total. The average molecular weight is 297 g/mol. The highest BCUT2D eigenvalue weighted by Crippen LogP contribution is 2.33. The highest BCUT2D eigenvalue weighted by molar-refractivity contribution is 6.30. The standard InChI is InChI=1S/C13H13ClN2O4/c1-15-13(11-5-6-12(20-11)16(17)18)9-7-8(14)3-4-10(9)19-2/h3-7,13,15H,1-2H3. The molecule has 1 atom stereocenters. The quantitative estimate of drug-likeness (QED) is 0.677. The van der Waals surface area contributed by atoms with Gasteiger partial charge in [-0.1, -0.05) is 11.6 Å². The fourth-order valence-corrected chi connectivity index (χ4v) is 2.16. The molecule has 0 amide bonds. The number of hydrogen-bond acceptors (Lipinski definition) is 5. The third kappa shape index (κ3) is 2.76. The van der Waals surface area contributed by atoms with Crippen molar-refractivity contribution in [1.82, 2.24) is 5.32 Å². The molecule has 7 heteroatoms. The molecule has 0 spiro atoms. The van der Waals surface area contributed by atoms with Gasteiger partial charge >= 0.3 is 5.88 Å². The Morgan fingerprint density at radius 1 is 1.40 bits per heavy atom. The number of nitrogens with zero attached hydrogens (tertiary/aromatic N) is 1. The zero-order valence-electron chi connectivity index (χ0n) is 10.9. The molecule has 0 saturated heterocycles. The van der Waals surface area contributed by atoms with Gasteiger partial charge in [-0.2, -0.15) is 0 Å². The molecule has 0 aliphatic rings. The van der Waals surface area contributed by atoms with Crippen LogP contribution in [0, 0.1) is 10.1 Å². The summed E-state index contributed by atoms with van der Waals surface area (Å²) in [5.74, 6) is 0.730. The van der Waals surface area contributed by atoms with Gasteiger partial charge in [-0.25, -0.2) is 0 Å². The summed E-state index contributed by atoms with van der Waals surface area (Å²) in [5.41, 5.74) is 0.742. The summed E-state index contributed by atoms with van der Waals surface area (Å²) in [4.78, 5) is 10.1. The molecule has 0 radical (unpaired) electrons. The third-order valence-electron chi connectivity index (χ3n) is 2.87. The molecule has 0 aliphatic heterocycles. The van der Waals surface area contributed by atoms with Crippen LogP contribution in [0.5, 0.6) is 5.75 Å². The molecule has 2 rings (SSSR count). The molecule has 1 aromatic heterocycles. The van der Waals surface area contributed by atoms with E-state index in [0.717, 1.165) is 5.56 Å². The van der Waals surface area contributed by atoms with Gasteiger partial charge in [-0.05, 0) is 31.3 Å². The second-order valence-electron chi connectivity index (χ2n) is 4.04. The van der Waals surface area contributed by atoms with E-state index in [4.69, 9.17) is 20.8 Å². The van der Waals surface area contributed by atoms with Crippen LogP contribution in [0.2, 0.25) is 5.02 Å². The van der Waals surface area contributed by atoms with E-state index in [1.54, 1.807) is 38.4 Å². The summed E-state index contributed by atoms with van der Waals surface area (Å²) in [6.45, 7) is 0. The van der Waals surface area contributed by atoms with E-state index < -0.39 is 11.0 Å². The molecule has 1 heterocycles. The minimum atomic E-state index is -0.578. The Morgan fingerprint density at radius 2 is 2.15 bits per heavy atom. The van der Waals surface area contributed by atoms with Gasteiger partial charge in [0.05, 0.1) is 19.2 Å². The minimum absolute atomic E-state index is 0.304. The van der Waals surface area contributed by atoms with Crippen molar-refractivity contribution in [2.75, 3.05) is 14.2 Å². The lowest BCUT2D eigenvalue weighted by Crippen LogP contribution is -2.17. The number of furan rings is 1. The lowest BCUT2D eigenvalue weighted by molar-refractivity contribution is -0.402. The van der Waals surface area contributed by atoms with E-state index in [1.165, 1.54) is 6.07 Å². The van der Waals surface area contributed by atoms with Crippen molar-refractivity contribution < 1.29 is 14.1 Å². The Hall–Kier alpha value is -2.05. The largest absolute Gasteiger partial charge is 0.496 e. The third-order valence-corrected chi connectivity index (χ3v) is 3.10. The van der Waals surface area contributed by atoms with Crippen LogP contribution >= 0.6 is 11.6 Å². The second kappa shape index (κ2) is 5.94. The first kappa shape index (κ1) is 14.4. The number of hydrogen-bond donors (Lipinski definition) is 1. The first-order valence-corrected chi connectivity index (χ1v) is 6.19. The minimum Gasteiger partial charge on any atom is -0.496 e. The lowest BCUT2D eigenvalue weighted by atomic mass is 10.0. The summed E-state index contributed by atoms with van der Waals surface area (Å²) in [6, 6.07) is 7.66. The van der Waals surface area contributed by atoms with Crippen molar-refractivity contribution in [1.29, 1.82) is 0 Å². The highest BCUT2D eigenvalue weighted by atomic mass is 35.5. The summed E-state index contributed by atoms with van der Waals surface area (Å²) in [7, 11) is 3.27. The Morgan fingerprint density at radius 3 is 2.70 bits per heavy atom. The van der Waals surface area contributed by atoms with E-state index in [9.17, 15) is 10.1 Å². The maximum absolute atomic E-state index is 10.7. The Kier molecular flexibility index (Phi) is 4.26. The second-order valence-corrected chi connectivity index (χ2v) is 4.48. The Labute approximate surface area is 120 Å². The normalized spacial score (nSPS) is 12.2. The summed E-state index contributed by atoms with van der Waals surface area (Å²) in [6.07, 6.45) is 0. The zero-order chi connectivity index (χ0) is 14.7. The number of methoxy groups -OCH3 is 1. The Balaban J connectivity index is 2.45. The zero-order valence-corrected chi connectivity index (χ0v) is 11.7. The van der Waals surface area contributed by atoms with Crippen LogP contribution in [0.3, 0.4) is 0 Å². The van der Waals surface area contributed by atoms with E-state index in [0.29, 0.717) is 16.5 Å². The molecule has 0 saturated carbocycles. The maximum atomic E-state index is 10.7. The van der Waals surface area contributed by atoms with Crippen LogP contribution in [-0.4, -0.2) is 19.1 Å². The SMILES string of the molecule is CNC(c1ccc([N+](=O)[O-])o1)c1cc(Cl)ccc1OC. The summed E-state index contributed by atoms with van der Waals surface area (Å²) in [5, 5.41) is 14.3. The van der Waals surface area contributed by atoms with Crippen LogP contribution in [0.1, 0.15) is 17.4 Å². The van der Waals surface area contributed by atoms with Crippen molar-refractivity contribution in [2.24, 2.45) is 0 Å². The molecule has 106 valence electrons. The molecule has 1 aromatic carbocycles. The number of nitrogens with one attached hydrogen (secondary N) is 1. The van der Waals surface area contributed by atoms with Crippen LogP contribution < -0.4 is 10.1 Å². The molecular weight excluding hydrogens is 284 g/mol. The molecule has 6 nitrogen and oxygen atoms in total. The number of halogens is 1. The predicted octanol–water partition coefficient (Wildman–Crippen LogP) is 3.16. The maximum Gasteiger partial charge on any atom is 0.433 e. The first-order valence-electron chi connectivity index (χ1n) is 5.81. The smallest absolute Gasteiger partial charge is 0.433 e. The molecule has 0 fully saturated rings. The van der Waals surface area contributed by atoms with Gasteiger partial charge in [0.15, 0.2) is 0 Å². The van der Waals surface area contributed by atoms with Gasteiger partial charge < -0.3 is 14.5 Å². The van der Waals surface area contributed by atoms with Crippen LogP contribution in [0.4, 0.5) is 5.88 Å². The Bertz CT molecular complexity index is 627. The van der Waals surface area contributed by atoms with Crippen LogP contribution in [0.15, 0.2) is 34.7 Å². The van der Waals surface area contributed by atoms with E-state index in [-0.39, 0.29) is 5.88 Å². The summed E-state index contributed by atoms with van der Waals surface area (Å²) >= 11 is 6.00. The van der Waals surface area contributed by atoms with Gasteiger partial charge in [-0.3, -0.25) is 10.1 Å². The van der Waals surface area contributed by atoms with Crippen LogP contribution in [-0.2, 0) is 0 Å². The van der Waals surface area contributed by atoms with Crippen LogP contribution in [0.25, 0.3) is 0 Å². The number of benzene rings is 1. The van der Waals surface area contributed by atoms with Crippen molar-refractivity contribution in [2.45, 2.75) is 6.04 Å². The monoisotopic (exact) mass is 296 g/mol. The average Bonchev–Trinajstić information content (AvgIpc) is 2.90. The molecule has 0 bridgehead atoms. The van der Waals surface area contributed by atoms with Crippen molar-refractivity contribution >= 4 is 17.5 Å². The summed E-state index contributed by atoms with van der Waals surface area (Å²) < 4.78 is 10.5. The molecule has 1 unspecified atom stereocenters. The van der Waals surface area contributed by atoms with Crippen molar-refractivity contribution in [3.8, 4) is 5.75 Å². The predicted molar refractivity (Wildman–Crippen MR) is 74.3 cm³/mol. The van der Waals surface area contributed by atoms with Gasteiger partial charge in [0, 0.05) is 10.6 Å². The molecule has 0 aliphatic carbocycles. The van der Waals surface area contributed by atoms with Gasteiger partial charge in [-0.15, -0.1) is 0 Å². The highest BCUT2D eigenvalue weighted by Gasteiger charge is 2.23. The first-order chi connectivity index (χ1) is 9.56. The lowest BCUT2D eigenvalue weighted by Gasteiger charge is -2.17. The van der Waals surface area contributed by atoms with E-state index >= 15 is 0 Å². The van der Waals surface area contributed by atoms with Crippen molar-refractivity contribution in [3.05, 3.63) is 56.8 Å². The number of rotatable bonds is 5. The number of nitro groups is 1. The molecular formula is C13H13ClN2O4. The van der Waals surface area contributed by atoms with Gasteiger partial charge in [0.25, 0.3) is 0 Å². The van der Waals surface area contributed by atoms with Gasteiger partial charge in [0.1, 0.15) is 16.4 Å². The number of ether oxygens (including phenoxy) is 1. The van der Waals surface area contributed by atoms with E-state index in [2.05, 4.69) is 5.32 Å². The van der Waals surface area contributed by atoms with Gasteiger partial charge in [0.2, 0.25) is 0 Å². The topological polar surface area (TPSA) is 77.5 Å². The molecule has 20 heavy (non-hydrogen) atoms. The van der Waals surface area contributed by atoms with Crippen molar-refractivity contribution in [3.63, 3.8) is 0 Å². The fraction of sp³-hybridized carbons (Fsp3) is 0.231. The molecule has 2 aromatic rings. The fourth-order valence-electron chi connectivity index (χ4n) is 1.98. The van der Waals surface area contributed by atoms with E-state index in [1.807, 2.05) is 0 Å².